The van der Waals surface area contributed by atoms with Crippen LogP contribution < -0.4 is 15.8 Å². The van der Waals surface area contributed by atoms with Crippen LogP contribution in [0.2, 0.25) is 0 Å². The van der Waals surface area contributed by atoms with E-state index in [0.717, 1.165) is 12.3 Å². The fourth-order valence-electron chi connectivity index (χ4n) is 1.98. The van der Waals surface area contributed by atoms with Crippen molar-refractivity contribution in [2.75, 3.05) is 11.6 Å². The molecule has 0 heterocycles. The number of nitrogens with one attached hydrogen (secondary N) is 1. The molecule has 0 atom stereocenters. The summed E-state index contributed by atoms with van der Waals surface area (Å²) >= 11 is 0. The molecule has 0 aliphatic carbocycles. The lowest BCUT2D eigenvalue weighted by molar-refractivity contribution is -0.274. The van der Waals surface area contributed by atoms with Gasteiger partial charge in [0.2, 0.25) is 0 Å². The first-order valence-corrected chi connectivity index (χ1v) is 9.14. The largest absolute Gasteiger partial charge is 0.573 e. The van der Waals surface area contributed by atoms with Gasteiger partial charge >= 0.3 is 6.36 Å². The Morgan fingerprint density at radius 1 is 1.15 bits per heavy atom. The van der Waals surface area contributed by atoms with Crippen molar-refractivity contribution in [1.82, 2.24) is 0 Å². The summed E-state index contributed by atoms with van der Waals surface area (Å²) in [6.45, 7) is 0.116. The summed E-state index contributed by atoms with van der Waals surface area (Å²) in [5, 5.41) is 2.55. The zero-order chi connectivity index (χ0) is 19.4. The number of hydrogen-bond acceptors (Lipinski definition) is 4. The van der Waals surface area contributed by atoms with Gasteiger partial charge < -0.3 is 15.8 Å². The fraction of sp³-hybridized carbons (Fsp3) is 0.188. The van der Waals surface area contributed by atoms with Gasteiger partial charge in [0.25, 0.3) is 0 Å². The number of nitrogens with two attached hydrogens (primary N) is 1. The zero-order valence-electron chi connectivity index (χ0n) is 13.6. The lowest BCUT2D eigenvalue weighted by Crippen LogP contribution is -2.24. The summed E-state index contributed by atoms with van der Waals surface area (Å²) in [4.78, 5) is 4.19. The predicted octanol–water partition coefficient (Wildman–Crippen LogP) is 2.92. The summed E-state index contributed by atoms with van der Waals surface area (Å²) in [5.74, 6) is -0.550. The predicted molar refractivity (Wildman–Crippen MR) is 91.6 cm³/mol. The topological polar surface area (TPSA) is 93.8 Å². The number of alkyl halides is 3. The highest BCUT2D eigenvalue weighted by Crippen LogP contribution is 2.29. The van der Waals surface area contributed by atoms with Crippen molar-refractivity contribution >= 4 is 21.5 Å². The smallest absolute Gasteiger partial charge is 0.404 e. The van der Waals surface area contributed by atoms with Crippen LogP contribution in [-0.4, -0.2) is 27.0 Å². The van der Waals surface area contributed by atoms with Gasteiger partial charge in [0.15, 0.2) is 21.5 Å². The number of nitrogens with zero attached hydrogens (tertiary/aromatic N) is 1. The van der Waals surface area contributed by atoms with Gasteiger partial charge in [-0.2, -0.15) is 0 Å². The number of hydrogen-bond donors (Lipinski definition) is 2. The number of rotatable bonds is 5. The zero-order valence-corrected chi connectivity index (χ0v) is 14.4. The third-order valence-corrected chi connectivity index (χ3v) is 4.29. The van der Waals surface area contributed by atoms with E-state index in [1.54, 1.807) is 12.1 Å². The van der Waals surface area contributed by atoms with E-state index in [-0.39, 0.29) is 23.1 Å². The average Bonchev–Trinajstić information content (AvgIpc) is 2.53. The van der Waals surface area contributed by atoms with E-state index >= 15 is 0 Å². The molecule has 3 N–H and O–H groups in total. The van der Waals surface area contributed by atoms with Gasteiger partial charge in [-0.1, -0.05) is 24.3 Å². The quantitative estimate of drug-likeness (QED) is 0.608. The molecule has 0 saturated carbocycles. The Bertz CT molecular complexity index is 895. The van der Waals surface area contributed by atoms with Crippen LogP contribution in [-0.2, 0) is 16.4 Å². The molecular formula is C16H16F3N3O3S. The normalized spacial score (nSPS) is 12.7. The first kappa shape index (κ1) is 19.6. The molecule has 0 aliphatic heterocycles. The van der Waals surface area contributed by atoms with Gasteiger partial charge in [0.1, 0.15) is 0 Å². The summed E-state index contributed by atoms with van der Waals surface area (Å²) in [6, 6.07) is 11.5. The van der Waals surface area contributed by atoms with Gasteiger partial charge in [-0.15, -0.1) is 13.2 Å². The van der Waals surface area contributed by atoms with E-state index in [2.05, 4.69) is 15.0 Å². The Balaban J connectivity index is 2.07. The minimum atomic E-state index is -4.83. The van der Waals surface area contributed by atoms with Gasteiger partial charge in [0.05, 0.1) is 17.1 Å². The minimum absolute atomic E-state index is 0.0125. The maximum absolute atomic E-state index is 12.4. The fourth-order valence-corrected chi connectivity index (χ4v) is 2.61. The van der Waals surface area contributed by atoms with E-state index < -0.39 is 21.9 Å². The average molecular weight is 387 g/mol. The van der Waals surface area contributed by atoms with E-state index in [1.165, 1.54) is 30.3 Å². The van der Waals surface area contributed by atoms with Crippen LogP contribution in [0, 0.1) is 0 Å². The second-order valence-electron chi connectivity index (χ2n) is 5.29. The molecule has 0 spiro atoms. The summed E-state index contributed by atoms with van der Waals surface area (Å²) in [7, 11) is -3.29. The van der Waals surface area contributed by atoms with Crippen molar-refractivity contribution in [2.24, 2.45) is 10.7 Å². The molecule has 2 rings (SSSR count). The molecule has 10 heteroatoms. The van der Waals surface area contributed by atoms with Gasteiger partial charge in [0, 0.05) is 6.26 Å². The summed E-state index contributed by atoms with van der Waals surface area (Å²) in [6.07, 6.45) is -3.73. The highest BCUT2D eigenvalue weighted by molar-refractivity contribution is 7.90. The lowest BCUT2D eigenvalue weighted by Gasteiger charge is -2.14. The third-order valence-electron chi connectivity index (χ3n) is 3.16. The molecule has 0 amide bonds. The standard InChI is InChI=1S/C16H16F3N3O3S/c1-26(23,24)12-8-6-11(7-9-12)10-21-15(20)22-13-4-2-3-5-14(13)25-16(17,18)19/h2-9H,10H2,1H3,(H3,20,21,22). The molecule has 0 unspecified atom stereocenters. The Labute approximate surface area is 148 Å². The number of ether oxygens (including phenoxy) is 1. The van der Waals surface area contributed by atoms with E-state index in [0.29, 0.717) is 5.56 Å². The Morgan fingerprint density at radius 2 is 1.77 bits per heavy atom. The van der Waals surface area contributed by atoms with Crippen molar-refractivity contribution in [3.63, 3.8) is 0 Å². The third kappa shape index (κ3) is 5.96. The van der Waals surface area contributed by atoms with Gasteiger partial charge in [-0.05, 0) is 29.8 Å². The minimum Gasteiger partial charge on any atom is -0.404 e. The second-order valence-corrected chi connectivity index (χ2v) is 7.30. The molecule has 0 saturated heterocycles. The lowest BCUT2D eigenvalue weighted by atomic mass is 10.2. The molecule has 2 aromatic rings. The second kappa shape index (κ2) is 7.65. The van der Waals surface area contributed by atoms with Crippen LogP contribution in [0.4, 0.5) is 18.9 Å². The van der Waals surface area contributed by atoms with E-state index in [1.807, 2.05) is 0 Å². The highest BCUT2D eigenvalue weighted by Gasteiger charge is 2.32. The van der Waals surface area contributed by atoms with E-state index in [4.69, 9.17) is 5.73 Å². The molecule has 0 fully saturated rings. The van der Waals surface area contributed by atoms with Crippen LogP contribution in [0.1, 0.15) is 5.56 Å². The molecule has 0 bridgehead atoms. The number of halogens is 3. The monoisotopic (exact) mass is 387 g/mol. The maximum Gasteiger partial charge on any atom is 0.573 e. The number of benzene rings is 2. The van der Waals surface area contributed by atoms with Crippen molar-refractivity contribution < 1.29 is 26.3 Å². The molecule has 0 aliphatic rings. The van der Waals surface area contributed by atoms with Crippen LogP contribution in [0.15, 0.2) is 58.4 Å². The van der Waals surface area contributed by atoms with E-state index in [9.17, 15) is 21.6 Å². The maximum atomic E-state index is 12.4. The van der Waals surface area contributed by atoms with Crippen molar-refractivity contribution in [3.8, 4) is 5.75 Å². The number of anilines is 1. The van der Waals surface area contributed by atoms with Crippen LogP contribution in [0.3, 0.4) is 0 Å². The van der Waals surface area contributed by atoms with Crippen molar-refractivity contribution in [3.05, 3.63) is 54.1 Å². The molecule has 26 heavy (non-hydrogen) atoms. The number of sulfone groups is 1. The molecular weight excluding hydrogens is 371 g/mol. The summed E-state index contributed by atoms with van der Waals surface area (Å²) < 4.78 is 63.9. The Morgan fingerprint density at radius 3 is 2.35 bits per heavy atom. The first-order valence-electron chi connectivity index (χ1n) is 7.25. The first-order chi connectivity index (χ1) is 12.0. The molecule has 0 radical (unpaired) electrons. The molecule has 0 aromatic heterocycles. The molecule has 140 valence electrons. The van der Waals surface area contributed by atoms with Crippen molar-refractivity contribution in [2.45, 2.75) is 17.8 Å². The Hall–Kier alpha value is -2.75. The molecule has 2 aromatic carbocycles. The number of aliphatic imine (C=N–C) groups is 1. The number of para-hydroxylation sites is 2. The van der Waals surface area contributed by atoms with Crippen molar-refractivity contribution in [1.29, 1.82) is 0 Å². The number of guanidine groups is 1. The SMILES string of the molecule is CS(=O)(=O)c1ccc(CN=C(N)Nc2ccccc2OC(F)(F)F)cc1. The highest BCUT2D eigenvalue weighted by atomic mass is 32.2. The van der Waals surface area contributed by atoms with Gasteiger partial charge in [-0.25, -0.2) is 13.4 Å². The molecule has 6 nitrogen and oxygen atoms in total. The van der Waals surface area contributed by atoms with Gasteiger partial charge in [-0.3, -0.25) is 0 Å². The van der Waals surface area contributed by atoms with Crippen LogP contribution >= 0.6 is 0 Å². The summed E-state index contributed by atoms with van der Waals surface area (Å²) in [5.41, 5.74) is 6.39. The Kier molecular flexibility index (Phi) is 5.76. The van der Waals surface area contributed by atoms with Crippen LogP contribution in [0.25, 0.3) is 0 Å². The van der Waals surface area contributed by atoms with Crippen LogP contribution in [0.5, 0.6) is 5.75 Å².